The van der Waals surface area contributed by atoms with Gasteiger partial charge in [-0.05, 0) is 49.4 Å². The van der Waals surface area contributed by atoms with Crippen LogP contribution in [-0.2, 0) is 26.0 Å². The summed E-state index contributed by atoms with van der Waals surface area (Å²) in [5.74, 6) is -1.45. The van der Waals surface area contributed by atoms with Crippen molar-refractivity contribution in [3.8, 4) is 11.1 Å². The molecular formula is C25H28F2N2O4S. The first-order valence-corrected chi connectivity index (χ1v) is 13.3. The van der Waals surface area contributed by atoms with Crippen LogP contribution in [0.5, 0.6) is 0 Å². The lowest BCUT2D eigenvalue weighted by Gasteiger charge is -2.34. The zero-order valence-corrected chi connectivity index (χ0v) is 19.8. The summed E-state index contributed by atoms with van der Waals surface area (Å²) in [6, 6.07) is 9.82. The van der Waals surface area contributed by atoms with Crippen molar-refractivity contribution in [2.24, 2.45) is 5.41 Å². The molecule has 2 aromatic rings. The second kappa shape index (κ2) is 8.70. The van der Waals surface area contributed by atoms with E-state index in [1.165, 1.54) is 0 Å². The molecule has 9 heteroatoms. The molecule has 2 saturated heterocycles. The van der Waals surface area contributed by atoms with E-state index < -0.39 is 39.8 Å². The van der Waals surface area contributed by atoms with E-state index in [0.717, 1.165) is 25.0 Å². The molecule has 1 spiro atoms. The van der Waals surface area contributed by atoms with Crippen LogP contribution < -0.4 is 4.72 Å². The first-order valence-electron chi connectivity index (χ1n) is 11.7. The Kier molecular flexibility index (Phi) is 5.98. The van der Waals surface area contributed by atoms with Crippen LogP contribution >= 0.6 is 0 Å². The monoisotopic (exact) mass is 490 g/mol. The minimum atomic E-state index is -3.58. The maximum Gasteiger partial charge on any atom is 0.252 e. The molecule has 0 bridgehead atoms. The van der Waals surface area contributed by atoms with Crippen molar-refractivity contribution in [2.45, 2.75) is 50.8 Å². The molecular weight excluding hydrogens is 462 g/mol. The number of carbonyl (C=O) groups is 1. The van der Waals surface area contributed by atoms with Crippen molar-refractivity contribution in [2.75, 3.05) is 18.9 Å². The number of ether oxygens (including phenoxy) is 1. The van der Waals surface area contributed by atoms with Gasteiger partial charge in [0.15, 0.2) is 0 Å². The second-order valence-electron chi connectivity index (χ2n) is 9.54. The van der Waals surface area contributed by atoms with E-state index in [-0.39, 0.29) is 34.6 Å². The van der Waals surface area contributed by atoms with Crippen LogP contribution in [0.15, 0.2) is 42.5 Å². The first kappa shape index (κ1) is 23.4. The van der Waals surface area contributed by atoms with E-state index >= 15 is 4.39 Å². The number of halogens is 2. The Morgan fingerprint density at radius 1 is 1.21 bits per heavy atom. The Bertz CT molecular complexity index is 1200. The standard InChI is InChI=1S/C25H28F2N2O4S/c1-2-34(31,32)28-23-20(29(15-25(23)9-10-25)24(30)21-8-11-33-21)13-17-12-18(26)14-19(22(17)27)16-6-4-3-5-7-16/h3-7,12,14,20-21,23,28H,2,8-11,13,15H2,1H3/t20-,21+,23+/m0/s1. The summed E-state index contributed by atoms with van der Waals surface area (Å²) in [6.07, 6.45) is 1.60. The predicted octanol–water partition coefficient (Wildman–Crippen LogP) is 3.26. The number of nitrogens with one attached hydrogen (secondary N) is 1. The Balaban J connectivity index is 1.53. The van der Waals surface area contributed by atoms with Gasteiger partial charge in [0, 0.05) is 30.0 Å². The number of carbonyl (C=O) groups excluding carboxylic acids is 1. The first-order chi connectivity index (χ1) is 16.2. The summed E-state index contributed by atoms with van der Waals surface area (Å²) in [5, 5.41) is 0. The fourth-order valence-corrected chi connectivity index (χ4v) is 6.15. The number of likely N-dealkylation sites (tertiary alicyclic amines) is 1. The van der Waals surface area contributed by atoms with Crippen LogP contribution in [0.2, 0.25) is 0 Å². The number of sulfonamides is 1. The molecule has 1 N–H and O–H groups in total. The molecule has 3 atom stereocenters. The fourth-order valence-electron chi connectivity index (χ4n) is 5.19. The van der Waals surface area contributed by atoms with Gasteiger partial charge in [0.05, 0.1) is 18.4 Å². The minimum Gasteiger partial charge on any atom is -0.368 e. The number of amides is 1. The number of nitrogens with zero attached hydrogens (tertiary/aromatic N) is 1. The van der Waals surface area contributed by atoms with Crippen LogP contribution in [0, 0.1) is 17.0 Å². The van der Waals surface area contributed by atoms with Crippen LogP contribution in [0.4, 0.5) is 8.78 Å². The van der Waals surface area contributed by atoms with Crippen LogP contribution in [-0.4, -0.2) is 56.3 Å². The lowest BCUT2D eigenvalue weighted by molar-refractivity contribution is -0.157. The molecule has 6 nitrogen and oxygen atoms in total. The summed E-state index contributed by atoms with van der Waals surface area (Å²) in [7, 11) is -3.58. The molecule has 2 aliphatic heterocycles. The van der Waals surface area contributed by atoms with Crippen molar-refractivity contribution in [3.05, 3.63) is 59.7 Å². The normalized spacial score (nSPS) is 25.4. The Labute approximate surface area is 198 Å². The van der Waals surface area contributed by atoms with E-state index in [1.54, 1.807) is 42.2 Å². The zero-order valence-electron chi connectivity index (χ0n) is 19.0. The van der Waals surface area contributed by atoms with Crippen LogP contribution in [0.3, 0.4) is 0 Å². The quantitative estimate of drug-likeness (QED) is 0.647. The van der Waals surface area contributed by atoms with Gasteiger partial charge in [-0.15, -0.1) is 0 Å². The smallest absolute Gasteiger partial charge is 0.252 e. The van der Waals surface area contributed by atoms with Gasteiger partial charge in [0.2, 0.25) is 10.0 Å². The van der Waals surface area contributed by atoms with Gasteiger partial charge < -0.3 is 9.64 Å². The molecule has 2 heterocycles. The molecule has 0 unspecified atom stereocenters. The third kappa shape index (κ3) is 4.25. The maximum atomic E-state index is 15.7. The van der Waals surface area contributed by atoms with Gasteiger partial charge in [-0.1, -0.05) is 30.3 Å². The number of hydrogen-bond acceptors (Lipinski definition) is 4. The number of hydrogen-bond donors (Lipinski definition) is 1. The second-order valence-corrected chi connectivity index (χ2v) is 11.6. The van der Waals surface area contributed by atoms with E-state index in [0.29, 0.717) is 25.1 Å². The molecule has 2 aromatic carbocycles. The van der Waals surface area contributed by atoms with Gasteiger partial charge in [-0.2, -0.15) is 0 Å². The third-order valence-electron chi connectivity index (χ3n) is 7.39. The lowest BCUT2D eigenvalue weighted by atomic mass is 9.91. The summed E-state index contributed by atoms with van der Waals surface area (Å²) >= 11 is 0. The molecule has 182 valence electrons. The predicted molar refractivity (Wildman–Crippen MR) is 123 cm³/mol. The zero-order chi connectivity index (χ0) is 24.1. The summed E-state index contributed by atoms with van der Waals surface area (Å²) in [4.78, 5) is 14.9. The highest BCUT2D eigenvalue weighted by Gasteiger charge is 2.62. The third-order valence-corrected chi connectivity index (χ3v) is 8.77. The van der Waals surface area contributed by atoms with E-state index in [2.05, 4.69) is 4.72 Å². The lowest BCUT2D eigenvalue weighted by Crippen LogP contribution is -2.53. The van der Waals surface area contributed by atoms with Crippen molar-refractivity contribution in [1.29, 1.82) is 0 Å². The topological polar surface area (TPSA) is 75.7 Å². The van der Waals surface area contributed by atoms with Gasteiger partial charge in [-0.3, -0.25) is 4.79 Å². The molecule has 0 radical (unpaired) electrons. The molecule has 1 aliphatic carbocycles. The molecule has 3 aliphatic rings. The van der Waals surface area contributed by atoms with Gasteiger partial charge in [-0.25, -0.2) is 21.9 Å². The van der Waals surface area contributed by atoms with Crippen molar-refractivity contribution >= 4 is 15.9 Å². The van der Waals surface area contributed by atoms with E-state index in [4.69, 9.17) is 4.74 Å². The summed E-state index contributed by atoms with van der Waals surface area (Å²) in [5.41, 5.74) is 0.429. The Morgan fingerprint density at radius 3 is 2.50 bits per heavy atom. The molecule has 1 amide bonds. The average molecular weight is 491 g/mol. The SMILES string of the molecule is CCS(=O)(=O)N[C@@H]1[C@H](Cc2cc(F)cc(-c3ccccc3)c2F)N(C(=O)[C@H]2CCO2)CC12CC2. The number of rotatable bonds is 7. The van der Waals surface area contributed by atoms with Crippen molar-refractivity contribution < 1.29 is 26.7 Å². The van der Waals surface area contributed by atoms with E-state index in [9.17, 15) is 17.6 Å². The largest absolute Gasteiger partial charge is 0.368 e. The minimum absolute atomic E-state index is 0.000534. The maximum absolute atomic E-state index is 15.7. The van der Waals surface area contributed by atoms with Gasteiger partial charge in [0.25, 0.3) is 5.91 Å². The average Bonchev–Trinajstić information content (AvgIpc) is 3.50. The molecule has 34 heavy (non-hydrogen) atoms. The molecule has 0 aromatic heterocycles. The van der Waals surface area contributed by atoms with Gasteiger partial charge >= 0.3 is 0 Å². The summed E-state index contributed by atoms with van der Waals surface area (Å²) in [6.45, 7) is 2.44. The Morgan fingerprint density at radius 2 is 1.91 bits per heavy atom. The number of benzene rings is 2. The van der Waals surface area contributed by atoms with Crippen LogP contribution in [0.1, 0.15) is 31.7 Å². The fraction of sp³-hybridized carbons (Fsp3) is 0.480. The van der Waals surface area contributed by atoms with Crippen molar-refractivity contribution in [3.63, 3.8) is 0 Å². The van der Waals surface area contributed by atoms with E-state index in [1.807, 2.05) is 0 Å². The molecule has 3 fully saturated rings. The highest BCUT2D eigenvalue weighted by atomic mass is 32.2. The molecule has 5 rings (SSSR count). The highest BCUT2D eigenvalue weighted by Crippen LogP contribution is 2.56. The van der Waals surface area contributed by atoms with Gasteiger partial charge in [0.1, 0.15) is 17.7 Å². The van der Waals surface area contributed by atoms with Crippen LogP contribution in [0.25, 0.3) is 11.1 Å². The van der Waals surface area contributed by atoms with Crippen molar-refractivity contribution in [1.82, 2.24) is 9.62 Å². The summed E-state index contributed by atoms with van der Waals surface area (Å²) < 4.78 is 63.5. The highest BCUT2D eigenvalue weighted by molar-refractivity contribution is 7.89. The Hall–Kier alpha value is -2.36. The molecule has 1 saturated carbocycles.